The lowest BCUT2D eigenvalue weighted by molar-refractivity contribution is -0.141. The number of hydrogen-bond acceptors (Lipinski definition) is 8. The molecule has 4 atom stereocenters. The normalized spacial score (nSPS) is 13.7. The van der Waals surface area contributed by atoms with Gasteiger partial charge in [0.15, 0.2) is 11.9 Å². The zero-order valence-corrected chi connectivity index (χ0v) is 21.2. The second-order valence-electron chi connectivity index (χ2n) is 8.48. The van der Waals surface area contributed by atoms with Crippen molar-refractivity contribution in [2.24, 2.45) is 38.7 Å². The van der Waals surface area contributed by atoms with Gasteiger partial charge in [-0.1, -0.05) is 0 Å². The number of hydrogen-bond donors (Lipinski definition) is 10. The number of guanidine groups is 2. The summed E-state index contributed by atoms with van der Waals surface area (Å²) in [7, 11) is 0. The summed E-state index contributed by atoms with van der Waals surface area (Å²) < 4.78 is 0. The van der Waals surface area contributed by atoms with Crippen LogP contribution in [0.3, 0.4) is 0 Å². The topological polar surface area (TPSA) is 308 Å². The molecule has 0 unspecified atom stereocenters. The number of nitrogens with zero attached hydrogens (tertiary/aromatic N) is 3. The summed E-state index contributed by atoms with van der Waals surface area (Å²) in [5.41, 5.74) is 27.9. The molecule has 1 aromatic heterocycles. The highest BCUT2D eigenvalue weighted by Crippen LogP contribution is 2.05. The van der Waals surface area contributed by atoms with E-state index in [0.29, 0.717) is 18.5 Å². The zero-order chi connectivity index (χ0) is 28.7. The van der Waals surface area contributed by atoms with Gasteiger partial charge >= 0.3 is 5.97 Å². The molecule has 0 aliphatic carbocycles. The van der Waals surface area contributed by atoms with E-state index in [9.17, 15) is 19.2 Å². The van der Waals surface area contributed by atoms with Crippen LogP contribution in [-0.4, -0.2) is 87.9 Å². The number of carboxylic acid groups (broad SMARTS) is 1. The molecule has 1 rings (SSSR count). The van der Waals surface area contributed by atoms with Crippen LogP contribution in [0.15, 0.2) is 22.5 Å². The molecular formula is C21H38N12O5. The number of carboxylic acids is 1. The number of nitrogens with one attached hydrogen (secondary N) is 4. The molecule has 212 valence electrons. The van der Waals surface area contributed by atoms with Crippen molar-refractivity contribution in [2.75, 3.05) is 13.1 Å². The highest BCUT2D eigenvalue weighted by Gasteiger charge is 2.29. The first-order chi connectivity index (χ1) is 17.9. The van der Waals surface area contributed by atoms with E-state index in [1.807, 2.05) is 0 Å². The maximum absolute atomic E-state index is 13.2. The summed E-state index contributed by atoms with van der Waals surface area (Å²) >= 11 is 0. The molecule has 0 bridgehead atoms. The van der Waals surface area contributed by atoms with Crippen LogP contribution in [0.4, 0.5) is 0 Å². The molecule has 15 N–H and O–H groups in total. The monoisotopic (exact) mass is 538 g/mol. The summed E-state index contributed by atoms with van der Waals surface area (Å²) in [6.07, 6.45) is 3.96. The van der Waals surface area contributed by atoms with Crippen LogP contribution < -0.4 is 44.6 Å². The van der Waals surface area contributed by atoms with E-state index in [1.54, 1.807) is 0 Å². The van der Waals surface area contributed by atoms with Crippen LogP contribution >= 0.6 is 0 Å². The fourth-order valence-electron chi connectivity index (χ4n) is 3.20. The number of rotatable bonds is 17. The summed E-state index contributed by atoms with van der Waals surface area (Å²) in [5, 5.41) is 16.6. The maximum atomic E-state index is 13.2. The minimum atomic E-state index is -1.25. The Bertz CT molecular complexity index is 973. The van der Waals surface area contributed by atoms with Gasteiger partial charge in [0, 0.05) is 31.4 Å². The highest BCUT2D eigenvalue weighted by molar-refractivity contribution is 5.94. The van der Waals surface area contributed by atoms with Crippen molar-refractivity contribution in [2.45, 2.75) is 63.2 Å². The molecule has 0 fully saturated rings. The SMILES string of the molecule is C[C@H](NC(=O)[C@H](CCCN=C(N)N)NC(=O)[C@H](CCCN=C(N)N)NC(=O)[C@@H](N)Cc1cnc[nH]1)C(=O)O. The quantitative estimate of drug-likeness (QED) is 0.0516. The number of aromatic amines is 1. The second-order valence-corrected chi connectivity index (χ2v) is 8.48. The van der Waals surface area contributed by atoms with E-state index in [4.69, 9.17) is 33.8 Å². The first-order valence-corrected chi connectivity index (χ1v) is 11.9. The van der Waals surface area contributed by atoms with E-state index < -0.39 is 47.9 Å². The minimum Gasteiger partial charge on any atom is -0.480 e. The number of imidazole rings is 1. The predicted octanol–water partition coefficient (Wildman–Crippen LogP) is -4.05. The lowest BCUT2D eigenvalue weighted by Gasteiger charge is -2.24. The largest absolute Gasteiger partial charge is 0.480 e. The third-order valence-electron chi connectivity index (χ3n) is 5.22. The van der Waals surface area contributed by atoms with Crippen molar-refractivity contribution < 1.29 is 24.3 Å². The van der Waals surface area contributed by atoms with Crippen LogP contribution in [0.25, 0.3) is 0 Å². The van der Waals surface area contributed by atoms with Crippen molar-refractivity contribution in [3.63, 3.8) is 0 Å². The molecule has 0 radical (unpaired) electrons. The first-order valence-electron chi connectivity index (χ1n) is 11.9. The molecule has 38 heavy (non-hydrogen) atoms. The second kappa shape index (κ2) is 16.4. The van der Waals surface area contributed by atoms with E-state index in [-0.39, 0.29) is 44.3 Å². The van der Waals surface area contributed by atoms with Gasteiger partial charge in [-0.05, 0) is 32.6 Å². The third kappa shape index (κ3) is 12.5. The number of aliphatic imine (C=N–C) groups is 2. The molecule has 17 heteroatoms. The van der Waals surface area contributed by atoms with E-state index in [2.05, 4.69) is 35.9 Å². The van der Waals surface area contributed by atoms with Gasteiger partial charge in [-0.15, -0.1) is 0 Å². The number of aliphatic carboxylic acids is 1. The number of H-pyrrole nitrogens is 1. The lowest BCUT2D eigenvalue weighted by Crippen LogP contribution is -2.57. The van der Waals surface area contributed by atoms with Crippen LogP contribution in [0.2, 0.25) is 0 Å². The molecule has 1 aromatic rings. The van der Waals surface area contributed by atoms with Gasteiger partial charge in [0.1, 0.15) is 18.1 Å². The minimum absolute atomic E-state index is 0.0920. The average molecular weight is 539 g/mol. The van der Waals surface area contributed by atoms with E-state index in [1.165, 1.54) is 19.4 Å². The summed E-state index contributed by atoms with van der Waals surface area (Å²) in [6.45, 7) is 1.66. The molecule has 0 aliphatic heterocycles. The predicted molar refractivity (Wildman–Crippen MR) is 139 cm³/mol. The number of nitrogens with two attached hydrogens (primary N) is 5. The van der Waals surface area contributed by atoms with Crippen molar-refractivity contribution in [3.05, 3.63) is 18.2 Å². The Morgan fingerprint density at radius 2 is 1.42 bits per heavy atom. The highest BCUT2D eigenvalue weighted by atomic mass is 16.4. The van der Waals surface area contributed by atoms with Crippen LogP contribution in [0.1, 0.15) is 38.3 Å². The Kier molecular flexibility index (Phi) is 13.6. The first kappa shape index (κ1) is 31.6. The summed E-state index contributed by atoms with van der Waals surface area (Å²) in [6, 6.07) is -4.41. The van der Waals surface area contributed by atoms with E-state index >= 15 is 0 Å². The van der Waals surface area contributed by atoms with Crippen LogP contribution in [0, 0.1) is 0 Å². The average Bonchev–Trinajstić information content (AvgIpc) is 3.35. The molecule has 1 heterocycles. The molecule has 0 aliphatic rings. The van der Waals surface area contributed by atoms with Gasteiger partial charge in [-0.2, -0.15) is 0 Å². The smallest absolute Gasteiger partial charge is 0.325 e. The molecule has 17 nitrogen and oxygen atoms in total. The molecular weight excluding hydrogens is 500 g/mol. The zero-order valence-electron chi connectivity index (χ0n) is 21.2. The molecule has 0 spiro atoms. The van der Waals surface area contributed by atoms with Crippen LogP contribution in [0.5, 0.6) is 0 Å². The Morgan fingerprint density at radius 3 is 1.87 bits per heavy atom. The fourth-order valence-corrected chi connectivity index (χ4v) is 3.20. The van der Waals surface area contributed by atoms with Gasteiger partial charge in [0.25, 0.3) is 0 Å². The van der Waals surface area contributed by atoms with Crippen molar-refractivity contribution in [1.29, 1.82) is 0 Å². The molecule has 3 amide bonds. The van der Waals surface area contributed by atoms with Gasteiger partial charge in [-0.25, -0.2) is 4.98 Å². The van der Waals surface area contributed by atoms with Crippen molar-refractivity contribution >= 4 is 35.6 Å². The number of aromatic nitrogens is 2. The van der Waals surface area contributed by atoms with Gasteiger partial charge in [0.2, 0.25) is 17.7 Å². The fraction of sp³-hybridized carbons (Fsp3) is 0.571. The van der Waals surface area contributed by atoms with Gasteiger partial charge in [-0.3, -0.25) is 29.2 Å². The molecule has 0 aromatic carbocycles. The van der Waals surface area contributed by atoms with E-state index in [0.717, 1.165) is 0 Å². The number of amides is 3. The van der Waals surface area contributed by atoms with Crippen molar-refractivity contribution in [1.82, 2.24) is 25.9 Å². The lowest BCUT2D eigenvalue weighted by atomic mass is 10.1. The Balaban J connectivity index is 2.98. The number of carbonyl (C=O) groups is 4. The standard InChI is InChI=1S/C21H38N12O5/c1-11(19(37)38)31-17(35)14(4-2-6-28-20(23)24)33-18(36)15(5-3-7-29-21(25)26)32-16(34)13(22)8-12-9-27-10-30-12/h9-11,13-15H,2-8,22H2,1H3,(H,27,30)(H,31,35)(H,32,34)(H,33,36)(H,37,38)(H4,23,24,28)(H4,25,26,29)/t11-,13-,14-,15-/m0/s1. The summed E-state index contributed by atoms with van der Waals surface area (Å²) in [4.78, 5) is 64.3. The molecule has 0 saturated heterocycles. The maximum Gasteiger partial charge on any atom is 0.325 e. The summed E-state index contributed by atoms with van der Waals surface area (Å²) in [5.74, 6) is -3.51. The van der Waals surface area contributed by atoms with Gasteiger partial charge < -0.3 is 54.7 Å². The third-order valence-corrected chi connectivity index (χ3v) is 5.22. The Morgan fingerprint density at radius 1 is 0.921 bits per heavy atom. The molecule has 0 saturated carbocycles. The van der Waals surface area contributed by atoms with Crippen molar-refractivity contribution in [3.8, 4) is 0 Å². The van der Waals surface area contributed by atoms with Gasteiger partial charge in [0.05, 0.1) is 12.4 Å². The Hall–Kier alpha value is -4.41. The Labute approximate surface area is 219 Å². The van der Waals surface area contributed by atoms with Crippen LogP contribution in [-0.2, 0) is 25.6 Å². The number of carbonyl (C=O) groups excluding carboxylic acids is 3.